The van der Waals surface area contributed by atoms with Crippen molar-refractivity contribution in [3.05, 3.63) is 58.0 Å². The molecule has 1 aliphatic rings. The SMILES string of the molecule is CCOc1ccc(/C=C2/SC(=Nc3c(C)cccc3C)N(CC)C2=O)cc1OCC. The summed E-state index contributed by atoms with van der Waals surface area (Å²) < 4.78 is 11.3. The summed E-state index contributed by atoms with van der Waals surface area (Å²) in [6.45, 7) is 11.6. The summed E-state index contributed by atoms with van der Waals surface area (Å²) in [5.41, 5.74) is 4.00. The van der Waals surface area contributed by atoms with Crippen molar-refractivity contribution in [2.45, 2.75) is 34.6 Å². The molecule has 0 saturated carbocycles. The molecular formula is C24H28N2O3S. The van der Waals surface area contributed by atoms with Crippen molar-refractivity contribution in [2.75, 3.05) is 19.8 Å². The summed E-state index contributed by atoms with van der Waals surface area (Å²) in [7, 11) is 0. The second-order valence-corrected chi connectivity index (χ2v) is 7.88. The summed E-state index contributed by atoms with van der Waals surface area (Å²) in [5, 5.41) is 0.710. The van der Waals surface area contributed by atoms with Crippen LogP contribution in [0, 0.1) is 13.8 Å². The van der Waals surface area contributed by atoms with E-state index in [0.717, 1.165) is 22.4 Å². The number of rotatable bonds is 7. The summed E-state index contributed by atoms with van der Waals surface area (Å²) in [6.07, 6.45) is 1.89. The van der Waals surface area contributed by atoms with Gasteiger partial charge in [0.2, 0.25) is 0 Å². The molecule has 2 aromatic rings. The standard InChI is InChI=1S/C24H28N2O3S/c1-6-26-23(27)21(30-24(26)25-22-16(4)10-9-11-17(22)5)15-18-12-13-19(28-7-2)20(14-18)29-8-3/h9-15H,6-8H2,1-5H3/b21-15+,25-24?. The van der Waals surface area contributed by atoms with Gasteiger partial charge >= 0.3 is 0 Å². The molecule has 5 nitrogen and oxygen atoms in total. The zero-order chi connectivity index (χ0) is 21.7. The maximum Gasteiger partial charge on any atom is 0.266 e. The normalized spacial score (nSPS) is 16.6. The zero-order valence-corrected chi connectivity index (χ0v) is 19.0. The van der Waals surface area contributed by atoms with Gasteiger partial charge in [0.25, 0.3) is 5.91 Å². The van der Waals surface area contributed by atoms with Crippen molar-refractivity contribution >= 4 is 34.6 Å². The minimum absolute atomic E-state index is 0.0284. The third-order valence-corrected chi connectivity index (χ3v) is 5.72. The molecule has 1 amide bonds. The molecule has 1 heterocycles. The average molecular weight is 425 g/mol. The quantitative estimate of drug-likeness (QED) is 0.533. The predicted molar refractivity (Wildman–Crippen MR) is 125 cm³/mol. The molecule has 0 unspecified atom stereocenters. The van der Waals surface area contributed by atoms with Gasteiger partial charge in [0.15, 0.2) is 16.7 Å². The monoisotopic (exact) mass is 424 g/mol. The van der Waals surface area contributed by atoms with E-state index in [0.29, 0.717) is 41.3 Å². The van der Waals surface area contributed by atoms with Gasteiger partial charge in [-0.2, -0.15) is 0 Å². The van der Waals surface area contributed by atoms with Gasteiger partial charge in [0.1, 0.15) is 0 Å². The van der Waals surface area contributed by atoms with Crippen molar-refractivity contribution in [1.82, 2.24) is 4.90 Å². The molecule has 0 bridgehead atoms. The van der Waals surface area contributed by atoms with Crippen molar-refractivity contribution in [3.8, 4) is 11.5 Å². The molecule has 1 aliphatic heterocycles. The van der Waals surface area contributed by atoms with Gasteiger partial charge in [-0.05, 0) is 81.3 Å². The van der Waals surface area contributed by atoms with E-state index in [9.17, 15) is 4.79 Å². The van der Waals surface area contributed by atoms with E-state index < -0.39 is 0 Å². The average Bonchev–Trinajstić information content (AvgIpc) is 3.01. The Labute approximate surface area is 182 Å². The summed E-state index contributed by atoms with van der Waals surface area (Å²) >= 11 is 1.41. The Kier molecular flexibility index (Phi) is 7.21. The Hall–Kier alpha value is -2.73. The molecule has 2 aromatic carbocycles. The second-order valence-electron chi connectivity index (χ2n) is 6.87. The molecule has 30 heavy (non-hydrogen) atoms. The van der Waals surface area contributed by atoms with Gasteiger partial charge in [-0.1, -0.05) is 24.3 Å². The fourth-order valence-electron chi connectivity index (χ4n) is 3.26. The molecule has 0 spiro atoms. The molecule has 0 aromatic heterocycles. The van der Waals surface area contributed by atoms with Gasteiger partial charge in [0.05, 0.1) is 23.8 Å². The maximum atomic E-state index is 13.0. The maximum absolute atomic E-state index is 13.0. The van der Waals surface area contributed by atoms with Crippen LogP contribution in [0.3, 0.4) is 0 Å². The van der Waals surface area contributed by atoms with Crippen molar-refractivity contribution in [3.63, 3.8) is 0 Å². The molecule has 0 radical (unpaired) electrons. The molecule has 6 heteroatoms. The number of amidine groups is 1. The van der Waals surface area contributed by atoms with Crippen LogP contribution in [0.1, 0.15) is 37.5 Å². The number of hydrogen-bond acceptors (Lipinski definition) is 5. The number of carbonyl (C=O) groups excluding carboxylic acids is 1. The Balaban J connectivity index is 1.96. The van der Waals surface area contributed by atoms with E-state index in [-0.39, 0.29) is 5.91 Å². The molecule has 0 N–H and O–H groups in total. The number of para-hydroxylation sites is 1. The second kappa shape index (κ2) is 9.85. The Bertz CT molecular complexity index is 978. The number of nitrogens with zero attached hydrogens (tertiary/aromatic N) is 2. The van der Waals surface area contributed by atoms with Crippen LogP contribution in [-0.4, -0.2) is 35.7 Å². The third kappa shape index (κ3) is 4.70. The first-order chi connectivity index (χ1) is 14.5. The minimum atomic E-state index is -0.0284. The van der Waals surface area contributed by atoms with Crippen molar-refractivity contribution < 1.29 is 14.3 Å². The van der Waals surface area contributed by atoms with Gasteiger partial charge in [-0.25, -0.2) is 4.99 Å². The van der Waals surface area contributed by atoms with Crippen LogP contribution < -0.4 is 9.47 Å². The van der Waals surface area contributed by atoms with Gasteiger partial charge in [-0.3, -0.25) is 9.69 Å². The molecule has 158 valence electrons. The van der Waals surface area contributed by atoms with E-state index in [1.807, 2.05) is 77.1 Å². The third-order valence-electron chi connectivity index (χ3n) is 4.72. The predicted octanol–water partition coefficient (Wildman–Crippen LogP) is 5.72. The van der Waals surface area contributed by atoms with Crippen molar-refractivity contribution in [1.29, 1.82) is 0 Å². The van der Waals surface area contributed by atoms with Crippen LogP contribution >= 0.6 is 11.8 Å². The highest BCUT2D eigenvalue weighted by molar-refractivity contribution is 8.18. The fraction of sp³-hybridized carbons (Fsp3) is 0.333. The lowest BCUT2D eigenvalue weighted by Gasteiger charge is -2.13. The number of benzene rings is 2. The number of aliphatic imine (C=N–C) groups is 1. The number of hydrogen-bond donors (Lipinski definition) is 0. The highest BCUT2D eigenvalue weighted by Crippen LogP contribution is 2.36. The van der Waals surface area contributed by atoms with E-state index in [2.05, 4.69) is 0 Å². The largest absolute Gasteiger partial charge is 0.490 e. The molecule has 0 aliphatic carbocycles. The van der Waals surface area contributed by atoms with E-state index in [4.69, 9.17) is 14.5 Å². The Morgan fingerprint density at radius 2 is 1.67 bits per heavy atom. The van der Waals surface area contributed by atoms with E-state index in [1.165, 1.54) is 11.8 Å². The first-order valence-corrected chi connectivity index (χ1v) is 11.1. The number of amides is 1. The highest BCUT2D eigenvalue weighted by atomic mass is 32.2. The topological polar surface area (TPSA) is 51.1 Å². The molecule has 0 atom stereocenters. The van der Waals surface area contributed by atoms with Crippen LogP contribution in [0.15, 0.2) is 46.3 Å². The Morgan fingerprint density at radius 1 is 1.00 bits per heavy atom. The lowest BCUT2D eigenvalue weighted by Crippen LogP contribution is -2.28. The number of likely N-dealkylation sites (N-methyl/N-ethyl adjacent to an activating group) is 1. The Morgan fingerprint density at radius 3 is 2.30 bits per heavy atom. The summed E-state index contributed by atoms with van der Waals surface area (Å²) in [4.78, 5) is 20.2. The van der Waals surface area contributed by atoms with Gasteiger partial charge in [-0.15, -0.1) is 0 Å². The fourth-order valence-corrected chi connectivity index (χ4v) is 4.31. The molecule has 3 rings (SSSR count). The van der Waals surface area contributed by atoms with Crippen molar-refractivity contribution in [2.24, 2.45) is 4.99 Å². The number of thioether (sulfide) groups is 1. The number of aryl methyl sites for hydroxylation is 2. The van der Waals surface area contributed by atoms with Crippen LogP contribution in [0.25, 0.3) is 6.08 Å². The summed E-state index contributed by atoms with van der Waals surface area (Å²) in [6, 6.07) is 11.8. The summed E-state index contributed by atoms with van der Waals surface area (Å²) in [5.74, 6) is 1.36. The van der Waals surface area contributed by atoms with Crippen LogP contribution in [-0.2, 0) is 4.79 Å². The first kappa shape index (κ1) is 22.0. The van der Waals surface area contributed by atoms with Crippen LogP contribution in [0.2, 0.25) is 0 Å². The zero-order valence-electron chi connectivity index (χ0n) is 18.2. The number of ether oxygens (including phenoxy) is 2. The lowest BCUT2D eigenvalue weighted by molar-refractivity contribution is -0.122. The number of carbonyl (C=O) groups is 1. The van der Waals surface area contributed by atoms with Gasteiger partial charge in [0, 0.05) is 6.54 Å². The molecule has 1 saturated heterocycles. The minimum Gasteiger partial charge on any atom is -0.490 e. The molecular weight excluding hydrogens is 396 g/mol. The van der Waals surface area contributed by atoms with E-state index >= 15 is 0 Å². The molecule has 1 fully saturated rings. The van der Waals surface area contributed by atoms with E-state index in [1.54, 1.807) is 4.90 Å². The smallest absolute Gasteiger partial charge is 0.266 e. The highest BCUT2D eigenvalue weighted by Gasteiger charge is 2.32. The van der Waals surface area contributed by atoms with Crippen LogP contribution in [0.4, 0.5) is 5.69 Å². The first-order valence-electron chi connectivity index (χ1n) is 10.2. The van der Waals surface area contributed by atoms with Gasteiger partial charge < -0.3 is 9.47 Å². The van der Waals surface area contributed by atoms with Crippen LogP contribution in [0.5, 0.6) is 11.5 Å². The lowest BCUT2D eigenvalue weighted by atomic mass is 10.1.